The van der Waals surface area contributed by atoms with Crippen LogP contribution >= 0.6 is 11.8 Å². The molecule has 1 aliphatic rings. The highest BCUT2D eigenvalue weighted by molar-refractivity contribution is 7.99. The Morgan fingerprint density at radius 3 is 3.18 bits per heavy atom. The van der Waals surface area contributed by atoms with Gasteiger partial charge < -0.3 is 9.88 Å². The quantitative estimate of drug-likeness (QED) is 0.658. The molecule has 1 amide bonds. The van der Waals surface area contributed by atoms with E-state index >= 15 is 0 Å². The van der Waals surface area contributed by atoms with Crippen molar-refractivity contribution in [2.75, 3.05) is 12.3 Å². The Kier molecular flexibility index (Phi) is 4.47. The maximum atomic E-state index is 12.4. The van der Waals surface area contributed by atoms with Crippen LogP contribution in [-0.2, 0) is 4.79 Å². The van der Waals surface area contributed by atoms with Crippen LogP contribution < -0.4 is 5.56 Å². The highest BCUT2D eigenvalue weighted by Crippen LogP contribution is 2.21. The summed E-state index contributed by atoms with van der Waals surface area (Å²) in [6.07, 6.45) is 5.78. The lowest BCUT2D eigenvalue weighted by molar-refractivity contribution is -0.132. The monoisotopic (exact) mass is 321 g/mol. The zero-order chi connectivity index (χ0) is 15.5. The minimum absolute atomic E-state index is 0.112. The van der Waals surface area contributed by atoms with E-state index in [0.29, 0.717) is 22.4 Å². The molecular formula is C14H19N5O2S. The largest absolute Gasteiger partial charge is 0.339 e. The predicted octanol–water partition coefficient (Wildman–Crippen LogP) is 1.53. The van der Waals surface area contributed by atoms with Gasteiger partial charge >= 0.3 is 0 Å². The van der Waals surface area contributed by atoms with E-state index < -0.39 is 0 Å². The van der Waals surface area contributed by atoms with E-state index in [-0.39, 0.29) is 17.2 Å². The summed E-state index contributed by atoms with van der Waals surface area (Å²) in [5.74, 6) is 0.399. The molecule has 0 aliphatic carbocycles. The van der Waals surface area contributed by atoms with Crippen molar-refractivity contribution in [3.63, 3.8) is 0 Å². The summed E-state index contributed by atoms with van der Waals surface area (Å²) in [7, 11) is 0. The molecule has 1 unspecified atom stereocenters. The molecule has 2 aromatic rings. The zero-order valence-corrected chi connectivity index (χ0v) is 13.3. The molecule has 3 rings (SSSR count). The van der Waals surface area contributed by atoms with Gasteiger partial charge in [-0.15, -0.1) is 0 Å². The van der Waals surface area contributed by atoms with Gasteiger partial charge in [0.15, 0.2) is 16.3 Å². The first-order valence-corrected chi connectivity index (χ1v) is 8.53. The molecule has 2 aromatic heterocycles. The van der Waals surface area contributed by atoms with Crippen molar-refractivity contribution in [2.24, 2.45) is 0 Å². The number of imidazole rings is 1. The van der Waals surface area contributed by atoms with Gasteiger partial charge in [0, 0.05) is 12.6 Å². The lowest BCUT2D eigenvalue weighted by Gasteiger charge is -2.35. The van der Waals surface area contributed by atoms with Crippen LogP contribution in [0.2, 0.25) is 0 Å². The molecule has 1 fully saturated rings. The van der Waals surface area contributed by atoms with Crippen LogP contribution in [0, 0.1) is 0 Å². The first-order valence-electron chi connectivity index (χ1n) is 7.54. The van der Waals surface area contributed by atoms with Crippen LogP contribution in [0.25, 0.3) is 11.2 Å². The highest BCUT2D eigenvalue weighted by Gasteiger charge is 2.25. The fourth-order valence-electron chi connectivity index (χ4n) is 2.86. The number of aromatic nitrogens is 4. The smallest absolute Gasteiger partial charge is 0.277 e. The summed E-state index contributed by atoms with van der Waals surface area (Å²) in [6, 6.07) is 0.350. The third kappa shape index (κ3) is 3.01. The maximum absolute atomic E-state index is 12.4. The number of piperidine rings is 1. The number of carbonyl (C=O) groups is 1. The van der Waals surface area contributed by atoms with E-state index in [2.05, 4.69) is 26.9 Å². The number of nitrogens with zero attached hydrogens (tertiary/aromatic N) is 3. The molecule has 0 bridgehead atoms. The number of hydrogen-bond acceptors (Lipinski definition) is 5. The number of likely N-dealkylation sites (tertiary alicyclic amines) is 1. The number of nitrogens with one attached hydrogen (secondary N) is 2. The first kappa shape index (κ1) is 15.1. The van der Waals surface area contributed by atoms with Crippen molar-refractivity contribution in [2.45, 2.75) is 43.8 Å². The van der Waals surface area contributed by atoms with Crippen molar-refractivity contribution in [1.29, 1.82) is 0 Å². The second-order valence-corrected chi connectivity index (χ2v) is 6.37. The fourth-order valence-corrected chi connectivity index (χ4v) is 3.60. The molecule has 22 heavy (non-hydrogen) atoms. The molecule has 2 N–H and O–H groups in total. The average Bonchev–Trinajstić information content (AvgIpc) is 3.01. The minimum Gasteiger partial charge on any atom is -0.339 e. The topological polar surface area (TPSA) is 94.7 Å². The molecule has 1 saturated heterocycles. The van der Waals surface area contributed by atoms with Crippen LogP contribution in [0.4, 0.5) is 0 Å². The molecule has 7 nitrogen and oxygen atoms in total. The summed E-state index contributed by atoms with van der Waals surface area (Å²) in [6.45, 7) is 2.95. The van der Waals surface area contributed by atoms with Crippen LogP contribution in [0.5, 0.6) is 0 Å². The number of hydrogen-bond donors (Lipinski definition) is 2. The number of fused-ring (bicyclic) bond motifs is 1. The average molecular weight is 321 g/mol. The lowest BCUT2D eigenvalue weighted by Crippen LogP contribution is -2.44. The summed E-state index contributed by atoms with van der Waals surface area (Å²) in [5.41, 5.74) is 0.475. The molecule has 1 aliphatic heterocycles. The second-order valence-electron chi connectivity index (χ2n) is 5.41. The molecule has 8 heteroatoms. The lowest BCUT2D eigenvalue weighted by atomic mass is 10.0. The van der Waals surface area contributed by atoms with Crippen molar-refractivity contribution in [3.8, 4) is 0 Å². The Morgan fingerprint density at radius 2 is 2.36 bits per heavy atom. The number of rotatable bonds is 4. The van der Waals surface area contributed by atoms with E-state index in [4.69, 9.17) is 0 Å². The Labute approximate surface area is 131 Å². The van der Waals surface area contributed by atoms with Gasteiger partial charge in [-0.05, 0) is 25.7 Å². The van der Waals surface area contributed by atoms with Crippen LogP contribution in [0.1, 0.15) is 32.6 Å². The van der Waals surface area contributed by atoms with E-state index in [1.54, 1.807) is 0 Å². The third-order valence-corrected chi connectivity index (χ3v) is 4.88. The molecule has 118 valence electrons. The van der Waals surface area contributed by atoms with Crippen molar-refractivity contribution in [1.82, 2.24) is 24.8 Å². The minimum atomic E-state index is -0.262. The van der Waals surface area contributed by atoms with Crippen LogP contribution in [-0.4, -0.2) is 49.1 Å². The number of H-pyrrole nitrogens is 2. The first-order chi connectivity index (χ1) is 10.7. The predicted molar refractivity (Wildman–Crippen MR) is 84.9 cm³/mol. The number of thioether (sulfide) groups is 1. The number of amides is 1. The van der Waals surface area contributed by atoms with Crippen molar-refractivity contribution < 1.29 is 4.79 Å². The molecular weight excluding hydrogens is 302 g/mol. The number of carbonyl (C=O) groups excluding carboxylic acids is 1. The zero-order valence-electron chi connectivity index (χ0n) is 12.5. The van der Waals surface area contributed by atoms with E-state index in [9.17, 15) is 9.59 Å². The van der Waals surface area contributed by atoms with E-state index in [1.165, 1.54) is 24.5 Å². The Bertz CT molecular complexity index is 725. The molecule has 0 aromatic carbocycles. The van der Waals surface area contributed by atoms with Gasteiger partial charge in [-0.1, -0.05) is 18.7 Å². The summed E-state index contributed by atoms with van der Waals surface area (Å²) >= 11 is 1.26. The maximum Gasteiger partial charge on any atom is 0.277 e. The van der Waals surface area contributed by atoms with Crippen LogP contribution in [0.3, 0.4) is 0 Å². The molecule has 0 radical (unpaired) electrons. The Morgan fingerprint density at radius 1 is 1.50 bits per heavy atom. The summed E-state index contributed by atoms with van der Waals surface area (Å²) in [4.78, 5) is 39.9. The van der Waals surface area contributed by atoms with Crippen molar-refractivity contribution >= 4 is 28.8 Å². The molecule has 0 saturated carbocycles. The SMILES string of the molecule is CCC1CCCCN1C(=O)CSc1nc2nc[nH]c2c(=O)[nH]1. The van der Waals surface area contributed by atoms with Gasteiger partial charge in [-0.25, -0.2) is 9.97 Å². The van der Waals surface area contributed by atoms with E-state index in [0.717, 1.165) is 25.8 Å². The third-order valence-electron chi connectivity index (χ3n) is 4.03. The molecule has 3 heterocycles. The van der Waals surface area contributed by atoms with Gasteiger partial charge in [-0.2, -0.15) is 0 Å². The summed E-state index contributed by atoms with van der Waals surface area (Å²) in [5, 5.41) is 0.433. The Hall–Kier alpha value is -1.83. The van der Waals surface area contributed by atoms with Gasteiger partial charge in [0.2, 0.25) is 5.91 Å². The standard InChI is InChI=1S/C14H19N5O2S/c1-2-9-5-3-4-6-19(9)10(20)7-22-14-17-12-11(13(21)18-14)15-8-16-12/h8-9H,2-7H2,1H3,(H2,15,16,17,18,21). The van der Waals surface area contributed by atoms with Gasteiger partial charge in [0.1, 0.15) is 0 Å². The van der Waals surface area contributed by atoms with Crippen LogP contribution in [0.15, 0.2) is 16.3 Å². The second kappa shape index (κ2) is 6.51. The van der Waals surface area contributed by atoms with Gasteiger partial charge in [0.25, 0.3) is 5.56 Å². The molecule has 0 spiro atoms. The fraction of sp³-hybridized carbons (Fsp3) is 0.571. The van der Waals surface area contributed by atoms with Crippen molar-refractivity contribution in [3.05, 3.63) is 16.7 Å². The number of aromatic amines is 2. The Balaban J connectivity index is 1.67. The summed E-state index contributed by atoms with van der Waals surface area (Å²) < 4.78 is 0. The molecule has 1 atom stereocenters. The van der Waals surface area contributed by atoms with E-state index in [1.807, 2.05) is 4.90 Å². The van der Waals surface area contributed by atoms with Gasteiger partial charge in [-0.3, -0.25) is 14.6 Å². The highest BCUT2D eigenvalue weighted by atomic mass is 32.2. The van der Waals surface area contributed by atoms with Gasteiger partial charge in [0.05, 0.1) is 12.1 Å². The normalized spacial score (nSPS) is 18.8.